The SMILES string of the molecule is O=C(OI)c1ccccc1C(=O)OI. The van der Waals surface area contributed by atoms with Crippen molar-refractivity contribution >= 4 is 58.0 Å². The lowest BCUT2D eigenvalue weighted by molar-refractivity contribution is 0.0759. The molecule has 0 saturated carbocycles. The van der Waals surface area contributed by atoms with Crippen molar-refractivity contribution in [2.45, 2.75) is 0 Å². The minimum absolute atomic E-state index is 0.198. The highest BCUT2D eigenvalue weighted by molar-refractivity contribution is 14.1. The fraction of sp³-hybridized carbons (Fsp3) is 0. The van der Waals surface area contributed by atoms with Gasteiger partial charge in [0.1, 0.15) is 0 Å². The van der Waals surface area contributed by atoms with E-state index in [9.17, 15) is 9.59 Å². The van der Waals surface area contributed by atoms with E-state index in [1.54, 1.807) is 12.1 Å². The molecule has 0 aliphatic carbocycles. The van der Waals surface area contributed by atoms with Crippen molar-refractivity contribution in [3.8, 4) is 0 Å². The van der Waals surface area contributed by atoms with Crippen LogP contribution in [0.3, 0.4) is 0 Å². The van der Waals surface area contributed by atoms with Gasteiger partial charge in [-0.05, 0) is 12.1 Å². The van der Waals surface area contributed by atoms with Crippen LogP contribution in [0.4, 0.5) is 0 Å². The van der Waals surface area contributed by atoms with Crippen LogP contribution in [0.2, 0.25) is 0 Å². The number of hydrogen-bond acceptors (Lipinski definition) is 4. The molecule has 0 saturated heterocycles. The summed E-state index contributed by atoms with van der Waals surface area (Å²) < 4.78 is 8.98. The van der Waals surface area contributed by atoms with Crippen LogP contribution in [0.1, 0.15) is 20.7 Å². The Balaban J connectivity index is 3.15. The maximum absolute atomic E-state index is 11.2. The minimum atomic E-state index is -0.567. The molecule has 14 heavy (non-hydrogen) atoms. The van der Waals surface area contributed by atoms with Crippen LogP contribution < -0.4 is 0 Å². The van der Waals surface area contributed by atoms with Gasteiger partial charge in [-0.3, -0.25) is 0 Å². The molecule has 74 valence electrons. The van der Waals surface area contributed by atoms with Crippen LogP contribution in [-0.2, 0) is 6.13 Å². The monoisotopic (exact) mass is 418 g/mol. The van der Waals surface area contributed by atoms with Gasteiger partial charge in [0.05, 0.1) is 11.1 Å². The number of rotatable bonds is 2. The molecule has 0 radical (unpaired) electrons. The van der Waals surface area contributed by atoms with Gasteiger partial charge in [-0.2, -0.15) is 0 Å². The predicted octanol–water partition coefficient (Wildman–Crippen LogP) is 2.70. The summed E-state index contributed by atoms with van der Waals surface area (Å²) in [4.78, 5) is 22.4. The first-order valence-electron chi connectivity index (χ1n) is 3.45. The molecule has 0 atom stereocenters. The lowest BCUT2D eigenvalue weighted by Gasteiger charge is -2.02. The Kier molecular flexibility index (Phi) is 4.58. The van der Waals surface area contributed by atoms with Gasteiger partial charge >= 0.3 is 11.9 Å². The van der Waals surface area contributed by atoms with E-state index in [0.29, 0.717) is 0 Å². The van der Waals surface area contributed by atoms with Gasteiger partial charge in [0.15, 0.2) is 46.0 Å². The van der Waals surface area contributed by atoms with Gasteiger partial charge in [-0.25, -0.2) is 9.59 Å². The van der Waals surface area contributed by atoms with Crippen molar-refractivity contribution in [1.82, 2.24) is 0 Å². The van der Waals surface area contributed by atoms with Crippen LogP contribution in [0.15, 0.2) is 24.3 Å². The summed E-state index contributed by atoms with van der Waals surface area (Å²) in [5.74, 6) is -1.13. The molecule has 4 nitrogen and oxygen atoms in total. The van der Waals surface area contributed by atoms with Gasteiger partial charge < -0.3 is 6.13 Å². The zero-order chi connectivity index (χ0) is 10.6. The summed E-state index contributed by atoms with van der Waals surface area (Å²) in [6.45, 7) is 0. The Morgan fingerprint density at radius 1 is 0.929 bits per heavy atom. The van der Waals surface area contributed by atoms with Crippen molar-refractivity contribution < 1.29 is 15.7 Å². The Morgan fingerprint density at radius 3 is 1.57 bits per heavy atom. The molecule has 0 aliphatic rings. The summed E-state index contributed by atoms with van der Waals surface area (Å²) in [6, 6.07) is 6.30. The van der Waals surface area contributed by atoms with Gasteiger partial charge in [0.2, 0.25) is 0 Å². The van der Waals surface area contributed by atoms with Gasteiger partial charge in [0.25, 0.3) is 0 Å². The zero-order valence-electron chi connectivity index (χ0n) is 6.70. The van der Waals surface area contributed by atoms with Crippen LogP contribution in [0, 0.1) is 0 Å². The van der Waals surface area contributed by atoms with Crippen molar-refractivity contribution in [1.29, 1.82) is 0 Å². The lowest BCUT2D eigenvalue weighted by Crippen LogP contribution is -2.08. The summed E-state index contributed by atoms with van der Waals surface area (Å²) in [7, 11) is 0. The predicted molar refractivity (Wildman–Crippen MR) is 65.3 cm³/mol. The Morgan fingerprint density at radius 2 is 1.29 bits per heavy atom. The number of carbonyl (C=O) groups is 2. The summed E-state index contributed by atoms with van der Waals surface area (Å²) in [5.41, 5.74) is 0.395. The van der Waals surface area contributed by atoms with Gasteiger partial charge in [0, 0.05) is 0 Å². The minimum Gasteiger partial charge on any atom is -0.391 e. The normalized spacial score (nSPS) is 9.29. The standard InChI is InChI=1S/C8H4I2O4/c9-13-7(11)5-3-1-2-4-6(5)8(12)14-10/h1-4H. The summed E-state index contributed by atoms with van der Waals surface area (Å²) >= 11 is 2.93. The molecular weight excluding hydrogens is 414 g/mol. The van der Waals surface area contributed by atoms with E-state index in [2.05, 4.69) is 6.13 Å². The molecule has 0 heterocycles. The fourth-order valence-electron chi connectivity index (χ4n) is 0.922. The van der Waals surface area contributed by atoms with Crippen LogP contribution in [-0.4, -0.2) is 11.9 Å². The molecular formula is C8H4I2O4. The first kappa shape index (κ1) is 11.7. The molecule has 0 spiro atoms. The maximum Gasteiger partial charge on any atom is 0.348 e. The third-order valence-electron chi connectivity index (χ3n) is 1.51. The molecule has 1 aromatic rings. The smallest absolute Gasteiger partial charge is 0.348 e. The topological polar surface area (TPSA) is 52.6 Å². The largest absolute Gasteiger partial charge is 0.391 e. The Labute approximate surface area is 108 Å². The molecule has 1 aromatic carbocycles. The van der Waals surface area contributed by atoms with Crippen molar-refractivity contribution in [2.24, 2.45) is 0 Å². The second-order valence-corrected chi connectivity index (χ2v) is 3.16. The third kappa shape index (κ3) is 2.56. The highest BCUT2D eigenvalue weighted by Gasteiger charge is 2.17. The van der Waals surface area contributed by atoms with Crippen LogP contribution >= 0.6 is 46.0 Å². The number of hydrogen-bond donors (Lipinski definition) is 0. The van der Waals surface area contributed by atoms with E-state index in [1.165, 1.54) is 58.1 Å². The molecule has 0 unspecified atom stereocenters. The van der Waals surface area contributed by atoms with E-state index >= 15 is 0 Å². The van der Waals surface area contributed by atoms with E-state index in [1.807, 2.05) is 0 Å². The zero-order valence-corrected chi connectivity index (χ0v) is 11.0. The summed E-state index contributed by atoms with van der Waals surface area (Å²) in [5, 5.41) is 0. The van der Waals surface area contributed by atoms with E-state index < -0.39 is 11.9 Å². The summed E-state index contributed by atoms with van der Waals surface area (Å²) in [6.07, 6.45) is 0. The number of carbonyl (C=O) groups excluding carboxylic acids is 2. The molecule has 0 bridgehead atoms. The van der Waals surface area contributed by atoms with Crippen molar-refractivity contribution in [3.63, 3.8) is 0 Å². The molecule has 6 heteroatoms. The van der Waals surface area contributed by atoms with E-state index in [-0.39, 0.29) is 11.1 Å². The van der Waals surface area contributed by atoms with Gasteiger partial charge in [-0.15, -0.1) is 0 Å². The molecule has 0 fully saturated rings. The maximum atomic E-state index is 11.2. The molecule has 0 N–H and O–H groups in total. The second kappa shape index (κ2) is 5.49. The highest BCUT2D eigenvalue weighted by Crippen LogP contribution is 2.14. The average molecular weight is 418 g/mol. The first-order chi connectivity index (χ1) is 6.70. The number of halogens is 2. The first-order valence-corrected chi connectivity index (χ1v) is 5.21. The second-order valence-electron chi connectivity index (χ2n) is 2.27. The van der Waals surface area contributed by atoms with Gasteiger partial charge in [-0.1, -0.05) is 12.1 Å². The molecule has 0 amide bonds. The van der Waals surface area contributed by atoms with E-state index in [4.69, 9.17) is 0 Å². The molecule has 0 aromatic heterocycles. The average Bonchev–Trinajstić information content (AvgIpc) is 2.27. The lowest BCUT2D eigenvalue weighted by atomic mass is 10.1. The third-order valence-corrected chi connectivity index (χ3v) is 2.31. The number of benzene rings is 1. The van der Waals surface area contributed by atoms with Crippen molar-refractivity contribution in [2.75, 3.05) is 0 Å². The Hall–Kier alpha value is -0.380. The fourth-order valence-corrected chi connectivity index (χ4v) is 1.40. The van der Waals surface area contributed by atoms with Crippen molar-refractivity contribution in [3.05, 3.63) is 35.4 Å². The Bertz CT molecular complexity index is 329. The quantitative estimate of drug-likeness (QED) is 0.694. The van der Waals surface area contributed by atoms with Crippen LogP contribution in [0.25, 0.3) is 0 Å². The molecule has 0 aliphatic heterocycles. The highest BCUT2D eigenvalue weighted by atomic mass is 127. The van der Waals surface area contributed by atoms with E-state index in [0.717, 1.165) is 0 Å². The molecule has 1 rings (SSSR count). The van der Waals surface area contributed by atoms with Crippen LogP contribution in [0.5, 0.6) is 0 Å².